The maximum atomic E-state index is 13.6. The molecule has 8 heteroatoms. The number of rotatable bonds is 7. The highest BCUT2D eigenvalue weighted by Crippen LogP contribution is 2.46. The summed E-state index contributed by atoms with van der Waals surface area (Å²) in [6, 6.07) is 24.1. The van der Waals surface area contributed by atoms with Gasteiger partial charge in [-0.25, -0.2) is 4.98 Å². The van der Waals surface area contributed by atoms with Crippen LogP contribution in [0.3, 0.4) is 0 Å². The fourth-order valence-electron chi connectivity index (χ4n) is 4.96. The van der Waals surface area contributed by atoms with Gasteiger partial charge in [0, 0.05) is 30.1 Å². The highest BCUT2D eigenvalue weighted by Gasteiger charge is 2.28. The molecule has 0 saturated heterocycles. The van der Waals surface area contributed by atoms with Gasteiger partial charge in [0.25, 0.3) is 5.91 Å². The summed E-state index contributed by atoms with van der Waals surface area (Å²) in [6.45, 7) is 2.69. The van der Waals surface area contributed by atoms with Crippen LogP contribution in [0, 0.1) is 0 Å². The van der Waals surface area contributed by atoms with Gasteiger partial charge >= 0.3 is 0 Å². The quantitative estimate of drug-likeness (QED) is 0.244. The number of nitrogens with zero attached hydrogens (tertiary/aromatic N) is 2. The van der Waals surface area contributed by atoms with Crippen molar-refractivity contribution < 1.29 is 14.3 Å². The third kappa shape index (κ3) is 4.67. The number of benzene rings is 3. The van der Waals surface area contributed by atoms with Crippen LogP contribution in [0.15, 0.2) is 72.8 Å². The Balaban J connectivity index is 1.38. The van der Waals surface area contributed by atoms with Crippen molar-refractivity contribution >= 4 is 43.8 Å². The summed E-state index contributed by atoms with van der Waals surface area (Å²) in [7, 11) is 3.12. The van der Waals surface area contributed by atoms with E-state index in [-0.39, 0.29) is 5.91 Å². The summed E-state index contributed by atoms with van der Waals surface area (Å²) in [5, 5.41) is 4.97. The number of carbonyl (C=O) groups excluding carboxylic acids is 1. The van der Waals surface area contributed by atoms with Crippen LogP contribution in [-0.2, 0) is 19.5 Å². The molecule has 38 heavy (non-hydrogen) atoms. The highest BCUT2D eigenvalue weighted by atomic mass is 32.1. The number of para-hydroxylation sites is 2. The van der Waals surface area contributed by atoms with Gasteiger partial charge in [-0.1, -0.05) is 48.5 Å². The molecular weight excluding hydrogens is 514 g/mol. The maximum absolute atomic E-state index is 13.6. The van der Waals surface area contributed by atoms with E-state index in [2.05, 4.69) is 40.5 Å². The number of methoxy groups -OCH3 is 2. The van der Waals surface area contributed by atoms with Gasteiger partial charge in [-0.15, -0.1) is 22.7 Å². The summed E-state index contributed by atoms with van der Waals surface area (Å²) in [6.07, 6.45) is 0.905. The minimum absolute atomic E-state index is 0.233. The number of hydrogen-bond acceptors (Lipinski definition) is 7. The largest absolute Gasteiger partial charge is 0.493 e. The molecule has 0 aliphatic carbocycles. The zero-order valence-electron chi connectivity index (χ0n) is 21.2. The van der Waals surface area contributed by atoms with Crippen LogP contribution in [0.2, 0.25) is 0 Å². The Morgan fingerprint density at radius 2 is 1.79 bits per heavy atom. The summed E-state index contributed by atoms with van der Waals surface area (Å²) >= 11 is 3.32. The number of anilines is 1. The molecule has 1 aliphatic heterocycles. The topological polar surface area (TPSA) is 63.7 Å². The fraction of sp³-hybridized carbons (Fsp3) is 0.200. The van der Waals surface area contributed by atoms with Crippen molar-refractivity contribution in [3.63, 3.8) is 0 Å². The molecule has 1 aliphatic rings. The second-order valence-corrected chi connectivity index (χ2v) is 11.3. The first kappa shape index (κ1) is 24.6. The van der Waals surface area contributed by atoms with Crippen LogP contribution >= 0.6 is 22.7 Å². The van der Waals surface area contributed by atoms with Crippen LogP contribution in [0.1, 0.15) is 26.4 Å². The SMILES string of the molecule is COc1cccc(C(=O)Nc2sc3c(c2-c2nc4ccccc4s2)CCN(Cc2ccccc2)C3)c1OC. The molecule has 0 unspecified atom stereocenters. The Bertz CT molecular complexity index is 1580. The average molecular weight is 542 g/mol. The molecule has 192 valence electrons. The lowest BCUT2D eigenvalue weighted by Crippen LogP contribution is -2.29. The standard InChI is InChI=1S/C30H27N3O3S2/c1-35-23-13-8-11-21(27(23)36-2)28(34)32-30-26(29-31-22-12-6-7-14-24(22)37-29)20-15-16-33(18-25(20)38-30)17-19-9-4-3-5-10-19/h3-14H,15-18H2,1-2H3,(H,32,34). The predicted molar refractivity (Wildman–Crippen MR) is 155 cm³/mol. The molecule has 0 atom stereocenters. The van der Waals surface area contributed by atoms with Gasteiger partial charge in [-0.2, -0.15) is 0 Å². The summed E-state index contributed by atoms with van der Waals surface area (Å²) in [5.74, 6) is 0.709. The Morgan fingerprint density at radius 1 is 0.974 bits per heavy atom. The molecule has 3 aromatic carbocycles. The van der Waals surface area contributed by atoms with Crippen LogP contribution in [-0.4, -0.2) is 36.6 Å². The van der Waals surface area contributed by atoms with Gasteiger partial charge in [0.15, 0.2) is 11.5 Å². The predicted octanol–water partition coefficient (Wildman–Crippen LogP) is 6.85. The molecule has 0 fully saturated rings. The normalized spacial score (nSPS) is 13.3. The number of thiophene rings is 1. The summed E-state index contributed by atoms with van der Waals surface area (Å²) in [4.78, 5) is 22.3. The van der Waals surface area contributed by atoms with Crippen LogP contribution in [0.5, 0.6) is 11.5 Å². The van der Waals surface area contributed by atoms with Gasteiger partial charge in [0.05, 0.1) is 30.0 Å². The van der Waals surface area contributed by atoms with E-state index in [1.54, 1.807) is 55.1 Å². The lowest BCUT2D eigenvalue weighted by Gasteiger charge is -2.27. The van der Waals surface area contributed by atoms with E-state index in [1.807, 2.05) is 24.3 Å². The third-order valence-electron chi connectivity index (χ3n) is 6.77. The summed E-state index contributed by atoms with van der Waals surface area (Å²) in [5.41, 5.74) is 5.03. The smallest absolute Gasteiger partial charge is 0.260 e. The first-order valence-corrected chi connectivity index (χ1v) is 14.1. The molecule has 0 radical (unpaired) electrons. The lowest BCUT2D eigenvalue weighted by molar-refractivity contribution is 0.102. The van der Waals surface area contributed by atoms with Gasteiger partial charge in [-0.05, 0) is 41.8 Å². The molecule has 6 rings (SSSR count). The molecule has 3 heterocycles. The van der Waals surface area contributed by atoms with Crippen molar-refractivity contribution in [1.82, 2.24) is 9.88 Å². The van der Waals surface area contributed by atoms with E-state index in [9.17, 15) is 4.79 Å². The van der Waals surface area contributed by atoms with Crippen LogP contribution in [0.25, 0.3) is 20.8 Å². The van der Waals surface area contributed by atoms with E-state index >= 15 is 0 Å². The highest BCUT2D eigenvalue weighted by molar-refractivity contribution is 7.23. The number of carbonyl (C=O) groups is 1. The fourth-order valence-corrected chi connectivity index (χ4v) is 7.36. The number of ether oxygens (including phenoxy) is 2. The van der Waals surface area contributed by atoms with Crippen molar-refractivity contribution in [1.29, 1.82) is 0 Å². The van der Waals surface area contributed by atoms with E-state index in [0.29, 0.717) is 17.1 Å². The Morgan fingerprint density at radius 3 is 2.58 bits per heavy atom. The van der Waals surface area contributed by atoms with Gasteiger partial charge < -0.3 is 14.8 Å². The molecule has 5 aromatic rings. The molecule has 1 N–H and O–H groups in total. The molecule has 0 saturated carbocycles. The van der Waals surface area contributed by atoms with Crippen molar-refractivity contribution in [2.75, 3.05) is 26.1 Å². The molecule has 1 amide bonds. The molecule has 0 bridgehead atoms. The third-order valence-corrected chi connectivity index (χ3v) is 8.95. The second-order valence-electron chi connectivity index (χ2n) is 9.14. The van der Waals surface area contributed by atoms with E-state index < -0.39 is 0 Å². The maximum Gasteiger partial charge on any atom is 0.260 e. The Hall–Kier alpha value is -3.72. The zero-order valence-corrected chi connectivity index (χ0v) is 22.8. The number of fused-ring (bicyclic) bond motifs is 2. The van der Waals surface area contributed by atoms with Gasteiger partial charge in [0.1, 0.15) is 10.0 Å². The minimum atomic E-state index is -0.233. The zero-order chi connectivity index (χ0) is 26.1. The average Bonchev–Trinajstić information content (AvgIpc) is 3.53. The lowest BCUT2D eigenvalue weighted by atomic mass is 10.0. The van der Waals surface area contributed by atoms with Crippen molar-refractivity contribution in [2.45, 2.75) is 19.5 Å². The van der Waals surface area contributed by atoms with E-state index in [1.165, 1.54) is 16.0 Å². The number of hydrogen-bond donors (Lipinski definition) is 1. The van der Waals surface area contributed by atoms with Gasteiger partial charge in [0.2, 0.25) is 0 Å². The van der Waals surface area contributed by atoms with Crippen molar-refractivity contribution in [3.8, 4) is 22.1 Å². The summed E-state index contributed by atoms with van der Waals surface area (Å²) < 4.78 is 12.1. The molecule has 0 spiro atoms. The Kier molecular flexibility index (Phi) is 6.84. The number of amides is 1. The van der Waals surface area contributed by atoms with Crippen molar-refractivity contribution in [3.05, 3.63) is 94.4 Å². The number of nitrogens with one attached hydrogen (secondary N) is 1. The van der Waals surface area contributed by atoms with Crippen molar-refractivity contribution in [2.24, 2.45) is 0 Å². The second kappa shape index (κ2) is 10.6. The minimum Gasteiger partial charge on any atom is -0.493 e. The Labute approximate surface area is 229 Å². The van der Waals surface area contributed by atoms with E-state index in [0.717, 1.165) is 51.8 Å². The molecular formula is C30H27N3O3S2. The van der Waals surface area contributed by atoms with Gasteiger partial charge in [-0.3, -0.25) is 9.69 Å². The van der Waals surface area contributed by atoms with Crippen LogP contribution < -0.4 is 14.8 Å². The first-order valence-electron chi connectivity index (χ1n) is 12.4. The monoisotopic (exact) mass is 541 g/mol. The first-order chi connectivity index (χ1) is 18.6. The molecule has 2 aromatic heterocycles. The number of aromatic nitrogens is 1. The molecule has 6 nitrogen and oxygen atoms in total. The van der Waals surface area contributed by atoms with E-state index in [4.69, 9.17) is 14.5 Å². The van der Waals surface area contributed by atoms with Crippen LogP contribution in [0.4, 0.5) is 5.00 Å². The number of thiazole rings is 1.